The Balaban J connectivity index is 1.25. The number of carbonyl (C=O) groups is 1. The van der Waals surface area contributed by atoms with E-state index in [-0.39, 0.29) is 24.1 Å². The molecule has 2 aliphatic heterocycles. The number of morpholine rings is 1. The fraction of sp³-hybridized carbons (Fsp3) is 0.267. The highest BCUT2D eigenvalue weighted by Crippen LogP contribution is 2.44. The van der Waals surface area contributed by atoms with E-state index >= 15 is 0 Å². The van der Waals surface area contributed by atoms with Crippen LogP contribution in [0.4, 0.5) is 4.79 Å². The van der Waals surface area contributed by atoms with E-state index in [1.165, 1.54) is 22.3 Å². The second-order valence-corrected chi connectivity index (χ2v) is 9.48. The lowest BCUT2D eigenvalue weighted by Gasteiger charge is -2.44. The number of amides is 1. The van der Waals surface area contributed by atoms with Crippen LogP contribution < -0.4 is 0 Å². The molecule has 6 rings (SSSR count). The van der Waals surface area contributed by atoms with E-state index in [1.807, 2.05) is 42.2 Å². The third kappa shape index (κ3) is 3.62. The molecule has 1 aliphatic carbocycles. The molecular formula is C30H26N2O3. The van der Waals surface area contributed by atoms with Gasteiger partial charge in [-0.3, -0.25) is 4.90 Å². The lowest BCUT2D eigenvalue weighted by molar-refractivity contribution is -0.0331. The summed E-state index contributed by atoms with van der Waals surface area (Å²) in [6, 6.07) is 24.5. The van der Waals surface area contributed by atoms with Gasteiger partial charge >= 0.3 is 6.09 Å². The number of nitrogens with zero attached hydrogens (tertiary/aromatic N) is 2. The summed E-state index contributed by atoms with van der Waals surface area (Å²) in [4.78, 5) is 15.2. The topological polar surface area (TPSA) is 62.6 Å². The minimum atomic E-state index is -0.300. The van der Waals surface area contributed by atoms with Crippen LogP contribution in [0.5, 0.6) is 0 Å². The maximum Gasteiger partial charge on any atom is 0.410 e. The van der Waals surface area contributed by atoms with Gasteiger partial charge in [0.25, 0.3) is 0 Å². The second kappa shape index (κ2) is 8.72. The van der Waals surface area contributed by atoms with Crippen LogP contribution in [-0.4, -0.2) is 42.9 Å². The molecule has 2 bridgehead atoms. The Morgan fingerprint density at radius 2 is 1.74 bits per heavy atom. The zero-order chi connectivity index (χ0) is 23.9. The van der Waals surface area contributed by atoms with Gasteiger partial charge in [0.1, 0.15) is 6.61 Å². The Kier molecular flexibility index (Phi) is 5.39. The molecule has 35 heavy (non-hydrogen) atoms. The minimum absolute atomic E-state index is 0.0310. The van der Waals surface area contributed by atoms with Crippen molar-refractivity contribution in [1.29, 1.82) is 5.26 Å². The molecule has 2 unspecified atom stereocenters. The summed E-state index contributed by atoms with van der Waals surface area (Å²) < 4.78 is 11.8. The molecule has 5 nitrogen and oxygen atoms in total. The van der Waals surface area contributed by atoms with Crippen LogP contribution in [0, 0.1) is 18.3 Å². The van der Waals surface area contributed by atoms with E-state index in [2.05, 4.69) is 48.5 Å². The Bertz CT molecular complexity index is 1340. The summed E-state index contributed by atoms with van der Waals surface area (Å²) >= 11 is 0. The van der Waals surface area contributed by atoms with Crippen LogP contribution in [0.2, 0.25) is 0 Å². The normalized spacial score (nSPS) is 20.5. The van der Waals surface area contributed by atoms with Crippen LogP contribution in [0.3, 0.4) is 0 Å². The van der Waals surface area contributed by atoms with Crippen molar-refractivity contribution in [1.82, 2.24) is 4.90 Å². The highest BCUT2D eigenvalue weighted by Gasteiger charge is 2.40. The first-order valence-corrected chi connectivity index (χ1v) is 12.1. The number of carbonyl (C=O) groups excluding carboxylic acids is 1. The van der Waals surface area contributed by atoms with E-state index in [0.717, 1.165) is 16.7 Å². The summed E-state index contributed by atoms with van der Waals surface area (Å²) in [5.74, 6) is 0.0310. The Labute approximate surface area is 205 Å². The maximum absolute atomic E-state index is 13.4. The van der Waals surface area contributed by atoms with Gasteiger partial charge in [0.2, 0.25) is 0 Å². The molecule has 0 aromatic heterocycles. The fourth-order valence-electron chi connectivity index (χ4n) is 5.92. The van der Waals surface area contributed by atoms with Crippen molar-refractivity contribution < 1.29 is 14.3 Å². The van der Waals surface area contributed by atoms with Gasteiger partial charge in [0.15, 0.2) is 0 Å². The van der Waals surface area contributed by atoms with Crippen molar-refractivity contribution in [2.75, 3.05) is 19.8 Å². The van der Waals surface area contributed by atoms with Crippen LogP contribution in [0.15, 0.2) is 72.8 Å². The predicted octanol–water partition coefficient (Wildman–Crippen LogP) is 5.67. The summed E-state index contributed by atoms with van der Waals surface area (Å²) in [5.41, 5.74) is 8.68. The van der Waals surface area contributed by atoms with E-state index < -0.39 is 0 Å². The van der Waals surface area contributed by atoms with E-state index in [0.29, 0.717) is 31.8 Å². The molecule has 3 aromatic carbocycles. The third-order valence-electron chi connectivity index (χ3n) is 7.46. The number of hydrogen-bond donors (Lipinski definition) is 0. The molecule has 1 amide bonds. The standard InChI is InChI=1S/C30H26N2O3/c1-19-7-6-8-20(15-31)29(19)21-13-22-16-34-17-23(14-21)32(22)30(33)35-18-28-26-11-4-2-9-24(26)25-10-3-5-12-27(25)28/h2-13,22-23,28H,14,16-18H2,1H3. The zero-order valence-electron chi connectivity index (χ0n) is 19.6. The zero-order valence-corrected chi connectivity index (χ0v) is 19.6. The molecule has 2 heterocycles. The molecule has 0 N–H and O–H groups in total. The number of ether oxygens (including phenoxy) is 2. The highest BCUT2D eigenvalue weighted by atomic mass is 16.6. The number of fused-ring (bicyclic) bond motifs is 5. The molecule has 2 atom stereocenters. The Morgan fingerprint density at radius 1 is 1.03 bits per heavy atom. The van der Waals surface area contributed by atoms with Crippen molar-refractivity contribution in [2.45, 2.75) is 31.3 Å². The van der Waals surface area contributed by atoms with Gasteiger partial charge in [-0.05, 0) is 58.4 Å². The van der Waals surface area contributed by atoms with Gasteiger partial charge in [0.05, 0.1) is 36.9 Å². The lowest BCUT2D eigenvalue weighted by atomic mass is 9.86. The highest BCUT2D eigenvalue weighted by molar-refractivity contribution is 5.80. The first kappa shape index (κ1) is 21.6. The number of rotatable bonds is 3. The average molecular weight is 463 g/mol. The van der Waals surface area contributed by atoms with Crippen molar-refractivity contribution in [3.8, 4) is 17.2 Å². The van der Waals surface area contributed by atoms with E-state index in [9.17, 15) is 10.1 Å². The molecule has 5 heteroatoms. The van der Waals surface area contributed by atoms with Crippen LogP contribution in [0.25, 0.3) is 16.7 Å². The predicted molar refractivity (Wildman–Crippen MR) is 134 cm³/mol. The van der Waals surface area contributed by atoms with Crippen molar-refractivity contribution in [3.05, 3.63) is 101 Å². The van der Waals surface area contributed by atoms with Crippen molar-refractivity contribution in [2.24, 2.45) is 0 Å². The smallest absolute Gasteiger partial charge is 0.410 e. The SMILES string of the molecule is Cc1cccc(C#N)c1C1=CC2COCC(C1)N2C(=O)OCC1c2ccccc2-c2ccccc21. The first-order valence-electron chi connectivity index (χ1n) is 12.1. The molecule has 0 spiro atoms. The van der Waals surface area contributed by atoms with Gasteiger partial charge in [-0.25, -0.2) is 4.79 Å². The quantitative estimate of drug-likeness (QED) is 0.503. The monoisotopic (exact) mass is 462 g/mol. The van der Waals surface area contributed by atoms with Crippen LogP contribution in [-0.2, 0) is 9.47 Å². The van der Waals surface area contributed by atoms with Gasteiger partial charge in [-0.2, -0.15) is 5.26 Å². The largest absolute Gasteiger partial charge is 0.448 e. The Morgan fingerprint density at radius 3 is 2.43 bits per heavy atom. The summed E-state index contributed by atoms with van der Waals surface area (Å²) in [5, 5.41) is 9.64. The van der Waals surface area contributed by atoms with Gasteiger partial charge in [-0.15, -0.1) is 0 Å². The van der Waals surface area contributed by atoms with Crippen molar-refractivity contribution in [3.63, 3.8) is 0 Å². The lowest BCUT2D eigenvalue weighted by Crippen LogP contribution is -2.56. The third-order valence-corrected chi connectivity index (χ3v) is 7.46. The number of nitriles is 1. The number of hydrogen-bond acceptors (Lipinski definition) is 4. The van der Waals surface area contributed by atoms with Crippen LogP contribution >= 0.6 is 0 Å². The molecule has 1 fully saturated rings. The second-order valence-electron chi connectivity index (χ2n) is 9.48. The number of benzene rings is 3. The first-order chi connectivity index (χ1) is 17.2. The van der Waals surface area contributed by atoms with Gasteiger partial charge in [-0.1, -0.05) is 66.7 Å². The summed E-state index contributed by atoms with van der Waals surface area (Å²) in [7, 11) is 0. The fourth-order valence-corrected chi connectivity index (χ4v) is 5.92. The molecule has 0 radical (unpaired) electrons. The van der Waals surface area contributed by atoms with Gasteiger partial charge < -0.3 is 9.47 Å². The molecule has 3 aliphatic rings. The molecule has 3 aromatic rings. The summed E-state index contributed by atoms with van der Waals surface area (Å²) in [6.07, 6.45) is 2.42. The minimum Gasteiger partial charge on any atom is -0.448 e. The molecule has 174 valence electrons. The molecule has 1 saturated heterocycles. The van der Waals surface area contributed by atoms with Gasteiger partial charge in [0, 0.05) is 5.92 Å². The molecular weight excluding hydrogens is 436 g/mol. The average Bonchev–Trinajstić information content (AvgIpc) is 3.20. The van der Waals surface area contributed by atoms with E-state index in [1.54, 1.807) is 0 Å². The summed E-state index contributed by atoms with van der Waals surface area (Å²) in [6.45, 7) is 3.22. The molecule has 0 saturated carbocycles. The maximum atomic E-state index is 13.4. The number of aryl methyl sites for hydroxylation is 1. The van der Waals surface area contributed by atoms with Crippen molar-refractivity contribution >= 4 is 11.7 Å². The van der Waals surface area contributed by atoms with Crippen LogP contribution in [0.1, 0.15) is 40.2 Å². The van der Waals surface area contributed by atoms with E-state index in [4.69, 9.17) is 9.47 Å². The Hall–Kier alpha value is -3.88.